The van der Waals surface area contributed by atoms with Crippen molar-refractivity contribution >= 4 is 40.7 Å². The van der Waals surface area contributed by atoms with Gasteiger partial charge in [0, 0.05) is 11.1 Å². The molecule has 1 aromatic carbocycles. The minimum Gasteiger partial charge on any atom is -0.376 e. The number of nitrogens with zero attached hydrogens (tertiary/aromatic N) is 1. The van der Waals surface area contributed by atoms with Gasteiger partial charge in [0.15, 0.2) is 0 Å². The highest BCUT2D eigenvalue weighted by molar-refractivity contribution is 6.52. The highest BCUT2D eigenvalue weighted by atomic mass is 35.5. The number of anilines is 1. The SMILES string of the molecule is O=C1C(Cl)=C(NC2CCCCCC2)C(=O)N1c1ccc(Cl)cc1. The van der Waals surface area contributed by atoms with Gasteiger partial charge in [-0.05, 0) is 37.1 Å². The van der Waals surface area contributed by atoms with Crippen molar-refractivity contribution in [3.8, 4) is 0 Å². The van der Waals surface area contributed by atoms with Crippen molar-refractivity contribution in [3.63, 3.8) is 0 Å². The van der Waals surface area contributed by atoms with Gasteiger partial charge in [0.05, 0.1) is 5.69 Å². The quantitative estimate of drug-likeness (QED) is 0.661. The number of hydrogen-bond acceptors (Lipinski definition) is 3. The van der Waals surface area contributed by atoms with Gasteiger partial charge in [0.2, 0.25) is 0 Å². The Kier molecular flexibility index (Phi) is 4.93. The highest BCUT2D eigenvalue weighted by Crippen LogP contribution is 2.30. The molecule has 23 heavy (non-hydrogen) atoms. The molecule has 0 aromatic heterocycles. The average Bonchev–Trinajstić information content (AvgIpc) is 2.75. The summed E-state index contributed by atoms with van der Waals surface area (Å²) >= 11 is 12.0. The van der Waals surface area contributed by atoms with Crippen molar-refractivity contribution in [1.29, 1.82) is 0 Å². The minimum absolute atomic E-state index is 0.0332. The molecule has 0 unspecified atom stereocenters. The number of nitrogens with one attached hydrogen (secondary N) is 1. The van der Waals surface area contributed by atoms with Crippen LogP contribution < -0.4 is 10.2 Å². The van der Waals surface area contributed by atoms with E-state index in [0.29, 0.717) is 10.7 Å². The Morgan fingerprint density at radius 1 is 0.913 bits per heavy atom. The molecule has 122 valence electrons. The largest absolute Gasteiger partial charge is 0.376 e. The zero-order chi connectivity index (χ0) is 16.4. The van der Waals surface area contributed by atoms with Crippen molar-refractivity contribution in [2.45, 2.75) is 44.6 Å². The van der Waals surface area contributed by atoms with Gasteiger partial charge in [-0.25, -0.2) is 4.90 Å². The first-order chi connectivity index (χ1) is 11.1. The lowest BCUT2D eigenvalue weighted by molar-refractivity contribution is -0.120. The Morgan fingerprint density at radius 2 is 1.52 bits per heavy atom. The van der Waals surface area contributed by atoms with Gasteiger partial charge in [0.1, 0.15) is 10.7 Å². The van der Waals surface area contributed by atoms with Crippen LogP contribution in [0.1, 0.15) is 38.5 Å². The van der Waals surface area contributed by atoms with E-state index in [0.717, 1.165) is 30.6 Å². The molecule has 1 aromatic rings. The second kappa shape index (κ2) is 6.93. The molecule has 3 rings (SSSR count). The maximum atomic E-state index is 12.6. The number of amides is 2. The Labute approximate surface area is 145 Å². The van der Waals surface area contributed by atoms with Gasteiger partial charge in [0.25, 0.3) is 11.8 Å². The molecule has 0 atom stereocenters. The first-order valence-electron chi connectivity index (χ1n) is 7.88. The van der Waals surface area contributed by atoms with Crippen LogP contribution in [0.5, 0.6) is 0 Å². The van der Waals surface area contributed by atoms with E-state index in [-0.39, 0.29) is 16.8 Å². The van der Waals surface area contributed by atoms with Gasteiger partial charge in [-0.3, -0.25) is 9.59 Å². The smallest absolute Gasteiger partial charge is 0.283 e. The molecule has 1 fully saturated rings. The molecule has 0 spiro atoms. The number of carbonyl (C=O) groups is 2. The van der Waals surface area contributed by atoms with E-state index < -0.39 is 11.8 Å². The summed E-state index contributed by atoms with van der Waals surface area (Å²) in [6.07, 6.45) is 6.69. The summed E-state index contributed by atoms with van der Waals surface area (Å²) in [5.74, 6) is -0.887. The Bertz CT molecular complexity index is 647. The topological polar surface area (TPSA) is 49.4 Å². The molecule has 0 radical (unpaired) electrons. The molecule has 1 saturated carbocycles. The number of rotatable bonds is 3. The molecule has 2 aliphatic rings. The molecule has 6 heteroatoms. The van der Waals surface area contributed by atoms with Crippen molar-refractivity contribution in [1.82, 2.24) is 5.32 Å². The van der Waals surface area contributed by atoms with Crippen LogP contribution in [-0.4, -0.2) is 17.9 Å². The van der Waals surface area contributed by atoms with Gasteiger partial charge in [-0.2, -0.15) is 0 Å². The Hall–Kier alpha value is -1.52. The highest BCUT2D eigenvalue weighted by Gasteiger charge is 2.39. The zero-order valence-corrected chi connectivity index (χ0v) is 14.2. The molecule has 2 amide bonds. The fourth-order valence-electron chi connectivity index (χ4n) is 3.08. The predicted molar refractivity (Wildman–Crippen MR) is 91.4 cm³/mol. The van der Waals surface area contributed by atoms with Crippen molar-refractivity contribution in [2.75, 3.05) is 4.90 Å². The van der Waals surface area contributed by atoms with E-state index in [9.17, 15) is 9.59 Å². The van der Waals surface area contributed by atoms with E-state index in [1.807, 2.05) is 0 Å². The average molecular weight is 353 g/mol. The van der Waals surface area contributed by atoms with Crippen LogP contribution in [0.4, 0.5) is 5.69 Å². The number of carbonyl (C=O) groups excluding carboxylic acids is 2. The number of benzene rings is 1. The molecule has 1 N–H and O–H groups in total. The van der Waals surface area contributed by atoms with Crippen LogP contribution in [-0.2, 0) is 9.59 Å². The van der Waals surface area contributed by atoms with Crippen molar-refractivity contribution in [2.24, 2.45) is 0 Å². The maximum absolute atomic E-state index is 12.6. The van der Waals surface area contributed by atoms with Gasteiger partial charge in [-0.1, -0.05) is 48.9 Å². The van der Waals surface area contributed by atoms with Gasteiger partial charge in [-0.15, -0.1) is 0 Å². The van der Waals surface area contributed by atoms with Crippen LogP contribution in [0.2, 0.25) is 5.02 Å². The van der Waals surface area contributed by atoms with E-state index >= 15 is 0 Å². The fourth-order valence-corrected chi connectivity index (χ4v) is 3.43. The van der Waals surface area contributed by atoms with Crippen LogP contribution in [0.3, 0.4) is 0 Å². The number of imide groups is 1. The number of hydrogen-bond donors (Lipinski definition) is 1. The van der Waals surface area contributed by atoms with Crippen LogP contribution in [0, 0.1) is 0 Å². The molecular formula is C17H18Cl2N2O2. The zero-order valence-electron chi connectivity index (χ0n) is 12.6. The lowest BCUT2D eigenvalue weighted by Gasteiger charge is -2.19. The van der Waals surface area contributed by atoms with Gasteiger partial charge < -0.3 is 5.32 Å². The lowest BCUT2D eigenvalue weighted by atomic mass is 10.1. The molecule has 1 aliphatic heterocycles. The van der Waals surface area contributed by atoms with Crippen molar-refractivity contribution in [3.05, 3.63) is 40.0 Å². The fraction of sp³-hybridized carbons (Fsp3) is 0.412. The predicted octanol–water partition coefficient (Wildman–Crippen LogP) is 3.98. The molecular weight excluding hydrogens is 335 g/mol. The minimum atomic E-state index is -0.491. The molecule has 0 bridgehead atoms. The third kappa shape index (κ3) is 3.38. The van der Waals surface area contributed by atoms with Crippen LogP contribution >= 0.6 is 23.2 Å². The molecule has 4 nitrogen and oxygen atoms in total. The summed E-state index contributed by atoms with van der Waals surface area (Å²) in [7, 11) is 0. The summed E-state index contributed by atoms with van der Waals surface area (Å²) in [5, 5.41) is 3.72. The first-order valence-corrected chi connectivity index (χ1v) is 8.64. The summed E-state index contributed by atoms with van der Waals surface area (Å²) < 4.78 is 0. The van der Waals surface area contributed by atoms with E-state index in [1.165, 1.54) is 12.8 Å². The Morgan fingerprint density at radius 3 is 2.13 bits per heavy atom. The number of halogens is 2. The lowest BCUT2D eigenvalue weighted by Crippen LogP contribution is -2.36. The van der Waals surface area contributed by atoms with E-state index in [4.69, 9.17) is 23.2 Å². The second-order valence-electron chi connectivity index (χ2n) is 5.94. The van der Waals surface area contributed by atoms with E-state index in [2.05, 4.69) is 5.32 Å². The second-order valence-corrected chi connectivity index (χ2v) is 6.76. The third-order valence-electron chi connectivity index (χ3n) is 4.32. The normalized spacial score (nSPS) is 20.2. The molecule has 1 aliphatic carbocycles. The molecule has 0 saturated heterocycles. The maximum Gasteiger partial charge on any atom is 0.283 e. The van der Waals surface area contributed by atoms with Crippen molar-refractivity contribution < 1.29 is 9.59 Å². The monoisotopic (exact) mass is 352 g/mol. The summed E-state index contributed by atoms with van der Waals surface area (Å²) in [4.78, 5) is 26.1. The summed E-state index contributed by atoms with van der Waals surface area (Å²) in [6, 6.07) is 6.75. The first kappa shape index (κ1) is 16.3. The van der Waals surface area contributed by atoms with Gasteiger partial charge >= 0.3 is 0 Å². The Balaban J connectivity index is 1.80. The summed E-state index contributed by atoms with van der Waals surface area (Å²) in [6.45, 7) is 0. The van der Waals surface area contributed by atoms with E-state index in [1.54, 1.807) is 24.3 Å². The standard InChI is InChI=1S/C17H18Cl2N2O2/c18-11-7-9-13(10-8-11)21-16(22)14(19)15(17(21)23)20-12-5-3-1-2-4-6-12/h7-10,12,20H,1-6H2. The summed E-state index contributed by atoms with van der Waals surface area (Å²) in [5.41, 5.74) is 0.693. The third-order valence-corrected chi connectivity index (χ3v) is 4.92. The van der Waals surface area contributed by atoms with Crippen LogP contribution in [0.15, 0.2) is 35.0 Å². The van der Waals surface area contributed by atoms with Crippen LogP contribution in [0.25, 0.3) is 0 Å². The molecule has 1 heterocycles.